The van der Waals surface area contributed by atoms with E-state index < -0.39 is 6.10 Å². The number of hydrogen-bond donors (Lipinski definition) is 3. The van der Waals surface area contributed by atoms with E-state index in [0.717, 1.165) is 24.9 Å². The molecule has 1 unspecified atom stereocenters. The minimum absolute atomic E-state index is 0.131. The highest BCUT2D eigenvalue weighted by Crippen LogP contribution is 2.34. The first-order valence-electron chi connectivity index (χ1n) is 11.8. The smallest absolute Gasteiger partial charge is 0.166 e. The lowest BCUT2D eigenvalue weighted by Crippen LogP contribution is -2.28. The number of anilines is 2. The Kier molecular flexibility index (Phi) is 8.51. The molecule has 4 N–H and O–H groups in total. The van der Waals surface area contributed by atoms with E-state index in [-0.39, 0.29) is 17.8 Å². The maximum atomic E-state index is 9.02. The fourth-order valence-electron chi connectivity index (χ4n) is 4.05. The lowest BCUT2D eigenvalue weighted by atomic mass is 10.0. The molecule has 2 aromatic heterocycles. The molecule has 1 saturated heterocycles. The van der Waals surface area contributed by atoms with Crippen molar-refractivity contribution in [2.24, 2.45) is 0 Å². The van der Waals surface area contributed by atoms with Crippen LogP contribution in [0.2, 0.25) is 10.0 Å². The van der Waals surface area contributed by atoms with Gasteiger partial charge in [0, 0.05) is 47.6 Å². The predicted octanol–water partition coefficient (Wildman–Crippen LogP) is 6.26. The molecule has 2 atom stereocenters. The monoisotopic (exact) mass is 529 g/mol. The van der Waals surface area contributed by atoms with E-state index in [1.165, 1.54) is 12.4 Å². The highest BCUT2D eigenvalue weighted by atomic mass is 35.5. The largest absolute Gasteiger partial charge is 0.490 e. The number of hydrogen-bond acceptors (Lipinski definition) is 8. The lowest BCUT2D eigenvalue weighted by Gasteiger charge is -2.26. The van der Waals surface area contributed by atoms with Gasteiger partial charge in [-0.2, -0.15) is 0 Å². The first kappa shape index (κ1) is 26.0. The number of rotatable bonds is 9. The molecule has 10 heteroatoms. The normalized spacial score (nSPS) is 16.3. The summed E-state index contributed by atoms with van der Waals surface area (Å²) in [5.41, 5.74) is 8.76. The standard InChI is InChI=1S/C26H29Cl2N5O3/c1-3-34-22-10-16(12-32-26(22)30)25(29)18-11-17(7-8-21(18)33-23-6-4-5-9-35-23)36-15(2)24-19(27)13-31-14-20(24)28/h7-8,10-15,23,29,33H,3-6,9H2,1-2H3,(H2,30,32)/t15-,23?/m1/s1. The number of benzene rings is 1. The summed E-state index contributed by atoms with van der Waals surface area (Å²) in [6, 6.07) is 7.26. The minimum atomic E-state index is -0.446. The average molecular weight is 530 g/mol. The van der Waals surface area contributed by atoms with Crippen molar-refractivity contribution < 1.29 is 14.2 Å². The number of halogens is 2. The fraction of sp³-hybridized carbons (Fsp3) is 0.346. The molecule has 3 heterocycles. The number of nitrogens with one attached hydrogen (secondary N) is 2. The summed E-state index contributed by atoms with van der Waals surface area (Å²) in [5.74, 6) is 1.27. The van der Waals surface area contributed by atoms with Gasteiger partial charge in [0.25, 0.3) is 0 Å². The predicted molar refractivity (Wildman–Crippen MR) is 143 cm³/mol. The van der Waals surface area contributed by atoms with Gasteiger partial charge in [-0.3, -0.25) is 10.4 Å². The highest BCUT2D eigenvalue weighted by molar-refractivity contribution is 6.35. The second-order valence-corrected chi connectivity index (χ2v) is 9.21. The lowest BCUT2D eigenvalue weighted by molar-refractivity contribution is 0.0343. The Bertz CT molecular complexity index is 1210. The Labute approximate surface area is 220 Å². The van der Waals surface area contributed by atoms with Gasteiger partial charge in [0.1, 0.15) is 18.1 Å². The van der Waals surface area contributed by atoms with E-state index in [9.17, 15) is 0 Å². The number of aromatic nitrogens is 2. The molecular weight excluding hydrogens is 501 g/mol. The molecule has 8 nitrogen and oxygen atoms in total. The molecule has 36 heavy (non-hydrogen) atoms. The van der Waals surface area contributed by atoms with Gasteiger partial charge in [0.2, 0.25) is 0 Å². The van der Waals surface area contributed by atoms with Crippen molar-refractivity contribution in [2.45, 2.75) is 45.4 Å². The minimum Gasteiger partial charge on any atom is -0.490 e. The molecule has 1 aromatic carbocycles. The van der Waals surface area contributed by atoms with Crippen molar-refractivity contribution in [3.8, 4) is 11.5 Å². The second kappa shape index (κ2) is 11.8. The van der Waals surface area contributed by atoms with Crippen LogP contribution >= 0.6 is 23.2 Å². The number of pyridine rings is 2. The van der Waals surface area contributed by atoms with E-state index in [0.29, 0.717) is 51.4 Å². The van der Waals surface area contributed by atoms with Gasteiger partial charge in [0.15, 0.2) is 11.6 Å². The number of ether oxygens (including phenoxy) is 3. The summed E-state index contributed by atoms with van der Waals surface area (Å²) < 4.78 is 17.7. The molecule has 0 radical (unpaired) electrons. The molecule has 4 rings (SSSR count). The third-order valence-corrected chi connectivity index (χ3v) is 6.44. The molecule has 1 aliphatic rings. The first-order valence-corrected chi connectivity index (χ1v) is 12.6. The van der Waals surface area contributed by atoms with Crippen LogP contribution in [0.25, 0.3) is 0 Å². The molecule has 0 aliphatic carbocycles. The summed E-state index contributed by atoms with van der Waals surface area (Å²) in [7, 11) is 0. The molecule has 0 saturated carbocycles. The molecular formula is C26H29Cl2N5O3. The Morgan fingerprint density at radius 3 is 2.69 bits per heavy atom. The highest BCUT2D eigenvalue weighted by Gasteiger charge is 2.21. The van der Waals surface area contributed by atoms with Gasteiger partial charge >= 0.3 is 0 Å². The van der Waals surface area contributed by atoms with Crippen molar-refractivity contribution >= 4 is 40.4 Å². The molecule has 190 valence electrons. The topological polar surface area (TPSA) is 115 Å². The van der Waals surface area contributed by atoms with Gasteiger partial charge in [0.05, 0.1) is 22.4 Å². The molecule has 1 aliphatic heterocycles. The Morgan fingerprint density at radius 2 is 2.00 bits per heavy atom. The summed E-state index contributed by atoms with van der Waals surface area (Å²) in [5, 5.41) is 13.3. The van der Waals surface area contributed by atoms with Crippen molar-refractivity contribution in [2.75, 3.05) is 24.3 Å². The van der Waals surface area contributed by atoms with Crippen LogP contribution in [0.5, 0.6) is 11.5 Å². The van der Waals surface area contributed by atoms with Gasteiger partial charge in [-0.25, -0.2) is 4.98 Å². The van der Waals surface area contributed by atoms with Crippen molar-refractivity contribution in [1.29, 1.82) is 5.41 Å². The van der Waals surface area contributed by atoms with Crippen LogP contribution < -0.4 is 20.5 Å². The van der Waals surface area contributed by atoms with Crippen LogP contribution in [-0.2, 0) is 4.74 Å². The number of nitrogen functional groups attached to an aromatic ring is 1. The number of nitrogens with two attached hydrogens (primary N) is 1. The Balaban J connectivity index is 1.68. The van der Waals surface area contributed by atoms with Crippen LogP contribution in [0.3, 0.4) is 0 Å². The van der Waals surface area contributed by atoms with Crippen molar-refractivity contribution in [3.05, 3.63) is 69.6 Å². The number of nitrogens with zero attached hydrogens (tertiary/aromatic N) is 2. The van der Waals surface area contributed by atoms with Crippen LogP contribution in [0.1, 0.15) is 55.9 Å². The summed E-state index contributed by atoms with van der Waals surface area (Å²) in [6.07, 6.45) is 7.06. The molecule has 1 fully saturated rings. The summed E-state index contributed by atoms with van der Waals surface area (Å²) in [6.45, 7) is 4.87. The van der Waals surface area contributed by atoms with E-state index >= 15 is 0 Å². The van der Waals surface area contributed by atoms with E-state index in [4.69, 9.17) is 48.6 Å². The zero-order chi connectivity index (χ0) is 25.7. The van der Waals surface area contributed by atoms with Crippen LogP contribution in [0.15, 0.2) is 42.9 Å². The second-order valence-electron chi connectivity index (χ2n) is 8.40. The summed E-state index contributed by atoms with van der Waals surface area (Å²) in [4.78, 5) is 8.23. The zero-order valence-corrected chi connectivity index (χ0v) is 21.7. The Hall–Kier alpha value is -3.07. The SMILES string of the molecule is CCOc1cc(C(=N)c2cc(O[C@H](C)c3c(Cl)cncc3Cl)ccc2NC2CCCCO2)cnc1N. The van der Waals surface area contributed by atoms with Crippen molar-refractivity contribution in [3.63, 3.8) is 0 Å². The zero-order valence-electron chi connectivity index (χ0n) is 20.2. The Morgan fingerprint density at radius 1 is 1.22 bits per heavy atom. The quantitative estimate of drug-likeness (QED) is 0.280. The van der Waals surface area contributed by atoms with E-state index in [1.807, 2.05) is 32.0 Å². The van der Waals surface area contributed by atoms with Crippen LogP contribution in [0, 0.1) is 5.41 Å². The van der Waals surface area contributed by atoms with E-state index in [2.05, 4.69) is 15.3 Å². The van der Waals surface area contributed by atoms with E-state index in [1.54, 1.807) is 12.3 Å². The molecule has 0 bridgehead atoms. The van der Waals surface area contributed by atoms with Crippen molar-refractivity contribution in [1.82, 2.24) is 9.97 Å². The van der Waals surface area contributed by atoms with Crippen LogP contribution in [0.4, 0.5) is 11.5 Å². The van der Waals surface area contributed by atoms with Gasteiger partial charge in [-0.05, 0) is 57.4 Å². The third kappa shape index (κ3) is 6.00. The molecule has 0 spiro atoms. The third-order valence-electron chi connectivity index (χ3n) is 5.84. The molecule has 3 aromatic rings. The van der Waals surface area contributed by atoms with Gasteiger partial charge in [-0.1, -0.05) is 23.2 Å². The maximum Gasteiger partial charge on any atom is 0.166 e. The summed E-state index contributed by atoms with van der Waals surface area (Å²) >= 11 is 12.7. The first-order chi connectivity index (χ1) is 17.4. The fourth-order valence-corrected chi connectivity index (χ4v) is 4.72. The van der Waals surface area contributed by atoms with Gasteiger partial charge in [-0.15, -0.1) is 0 Å². The van der Waals surface area contributed by atoms with Crippen LogP contribution in [-0.4, -0.2) is 35.1 Å². The average Bonchev–Trinajstić information content (AvgIpc) is 2.86. The maximum absolute atomic E-state index is 9.02. The molecule has 0 amide bonds. The van der Waals surface area contributed by atoms with Gasteiger partial charge < -0.3 is 25.3 Å².